The van der Waals surface area contributed by atoms with Crippen LogP contribution in [0.25, 0.3) is 5.70 Å². The molecule has 0 amide bonds. The van der Waals surface area contributed by atoms with E-state index in [1.165, 1.54) is 5.56 Å². The van der Waals surface area contributed by atoms with Gasteiger partial charge in [-0.1, -0.05) is 18.7 Å². The average Bonchev–Trinajstić information content (AvgIpc) is 2.73. The summed E-state index contributed by atoms with van der Waals surface area (Å²) in [5.74, 6) is 1.72. The Bertz CT molecular complexity index is 912. The van der Waals surface area contributed by atoms with E-state index in [1.54, 1.807) is 25.6 Å². The summed E-state index contributed by atoms with van der Waals surface area (Å²) in [6, 6.07) is 13.4. The van der Waals surface area contributed by atoms with Crippen molar-refractivity contribution in [3.05, 3.63) is 84.3 Å². The highest BCUT2D eigenvalue weighted by atomic mass is 16.5. The summed E-state index contributed by atoms with van der Waals surface area (Å²) in [4.78, 5) is 8.37. The normalized spacial score (nSPS) is 10.5. The zero-order valence-electron chi connectivity index (χ0n) is 15.9. The van der Waals surface area contributed by atoms with Crippen LogP contribution in [0.1, 0.15) is 16.7 Å². The van der Waals surface area contributed by atoms with Gasteiger partial charge in [-0.05, 0) is 48.4 Å². The quantitative estimate of drug-likeness (QED) is 0.556. The lowest BCUT2D eigenvalue weighted by Crippen LogP contribution is -2.16. The van der Waals surface area contributed by atoms with E-state index in [1.807, 2.05) is 36.5 Å². The van der Waals surface area contributed by atoms with Gasteiger partial charge < -0.3 is 20.5 Å². The largest absolute Gasteiger partial charge is 0.493 e. The Labute approximate surface area is 165 Å². The van der Waals surface area contributed by atoms with Crippen molar-refractivity contribution in [2.45, 2.75) is 13.0 Å². The maximum absolute atomic E-state index is 5.84. The van der Waals surface area contributed by atoms with Gasteiger partial charge in [0.15, 0.2) is 11.5 Å². The number of aromatic nitrogens is 2. The van der Waals surface area contributed by atoms with Gasteiger partial charge in [0, 0.05) is 42.5 Å². The van der Waals surface area contributed by atoms with Crippen LogP contribution in [0.3, 0.4) is 0 Å². The Morgan fingerprint density at radius 2 is 2.00 bits per heavy atom. The maximum Gasteiger partial charge on any atom is 0.219 e. The van der Waals surface area contributed by atoms with Gasteiger partial charge in [-0.3, -0.25) is 4.98 Å². The van der Waals surface area contributed by atoms with Crippen LogP contribution in [-0.2, 0) is 13.0 Å². The molecule has 3 N–H and O–H groups in total. The summed E-state index contributed by atoms with van der Waals surface area (Å²) in [5.41, 5.74) is 9.22. The molecule has 0 bridgehead atoms. The highest BCUT2D eigenvalue weighted by molar-refractivity contribution is 5.59. The van der Waals surface area contributed by atoms with Gasteiger partial charge in [0.05, 0.1) is 7.11 Å². The van der Waals surface area contributed by atoms with Crippen molar-refractivity contribution in [1.82, 2.24) is 15.3 Å². The summed E-state index contributed by atoms with van der Waals surface area (Å²) in [7, 11) is 1.62. The summed E-state index contributed by atoms with van der Waals surface area (Å²) in [5, 5.41) is 3.43. The maximum atomic E-state index is 5.84. The second-order valence-corrected chi connectivity index (χ2v) is 6.29. The monoisotopic (exact) mass is 376 g/mol. The SMILES string of the molecule is C=C(N)c1ccc(Oc2ccc(CNCCc3cccnc3)cc2OC)nc1. The lowest BCUT2D eigenvalue weighted by molar-refractivity contribution is 0.373. The van der Waals surface area contributed by atoms with Gasteiger partial charge in [0.25, 0.3) is 0 Å². The van der Waals surface area contributed by atoms with Gasteiger partial charge >= 0.3 is 0 Å². The fraction of sp³-hybridized carbons (Fsp3) is 0.182. The smallest absolute Gasteiger partial charge is 0.219 e. The number of rotatable bonds is 9. The van der Waals surface area contributed by atoms with Crippen molar-refractivity contribution >= 4 is 5.70 Å². The fourth-order valence-corrected chi connectivity index (χ4v) is 2.66. The van der Waals surface area contributed by atoms with Crippen LogP contribution < -0.4 is 20.5 Å². The van der Waals surface area contributed by atoms with E-state index in [9.17, 15) is 0 Å². The molecular formula is C22H24N4O2. The molecule has 0 aliphatic heterocycles. The lowest BCUT2D eigenvalue weighted by atomic mass is 10.2. The number of hydrogen-bond acceptors (Lipinski definition) is 6. The van der Waals surface area contributed by atoms with Crippen molar-refractivity contribution in [2.24, 2.45) is 5.73 Å². The first kappa shape index (κ1) is 19.4. The van der Waals surface area contributed by atoms with Crippen molar-refractivity contribution in [3.63, 3.8) is 0 Å². The molecule has 0 saturated heterocycles. The van der Waals surface area contributed by atoms with Crippen LogP contribution in [0.15, 0.2) is 67.6 Å². The minimum atomic E-state index is 0.464. The molecule has 3 aromatic rings. The zero-order chi connectivity index (χ0) is 19.8. The van der Waals surface area contributed by atoms with Crippen LogP contribution in [0.2, 0.25) is 0 Å². The Hall–Kier alpha value is -3.38. The molecule has 0 unspecified atom stereocenters. The highest BCUT2D eigenvalue weighted by Gasteiger charge is 2.08. The van der Waals surface area contributed by atoms with E-state index >= 15 is 0 Å². The van der Waals surface area contributed by atoms with Crippen LogP contribution in [0, 0.1) is 0 Å². The van der Waals surface area contributed by atoms with E-state index in [2.05, 4.69) is 27.9 Å². The first-order chi connectivity index (χ1) is 13.7. The number of nitrogens with zero attached hydrogens (tertiary/aromatic N) is 2. The van der Waals surface area contributed by atoms with Crippen LogP contribution >= 0.6 is 0 Å². The third kappa shape index (κ3) is 5.31. The Morgan fingerprint density at radius 3 is 2.68 bits per heavy atom. The molecule has 0 aliphatic carbocycles. The Balaban J connectivity index is 1.57. The van der Waals surface area contributed by atoms with Crippen LogP contribution in [0.5, 0.6) is 17.4 Å². The topological polar surface area (TPSA) is 82.3 Å². The second-order valence-electron chi connectivity index (χ2n) is 6.29. The molecule has 6 nitrogen and oxygen atoms in total. The molecule has 6 heteroatoms. The third-order valence-electron chi connectivity index (χ3n) is 4.19. The average molecular weight is 376 g/mol. The number of benzene rings is 1. The van der Waals surface area contributed by atoms with Gasteiger partial charge in [-0.2, -0.15) is 0 Å². The number of ether oxygens (including phenoxy) is 2. The van der Waals surface area contributed by atoms with Crippen molar-refractivity contribution in [3.8, 4) is 17.4 Å². The fourth-order valence-electron chi connectivity index (χ4n) is 2.66. The van der Waals surface area contributed by atoms with Crippen LogP contribution in [-0.4, -0.2) is 23.6 Å². The predicted octanol–water partition coefficient (Wildman–Crippen LogP) is 3.54. The third-order valence-corrected chi connectivity index (χ3v) is 4.19. The Morgan fingerprint density at radius 1 is 1.11 bits per heavy atom. The molecule has 0 atom stereocenters. The molecule has 3 rings (SSSR count). The van der Waals surface area contributed by atoms with Gasteiger partial charge in [0.2, 0.25) is 5.88 Å². The molecule has 0 aliphatic rings. The standard InChI is InChI=1S/C22H24N4O2/c1-16(23)19-6-8-22(26-15-19)28-20-7-5-18(12-21(20)27-2)14-25-11-9-17-4-3-10-24-13-17/h3-8,10,12-13,15,25H,1,9,11,14,23H2,2H3. The van der Waals surface area contributed by atoms with Gasteiger partial charge in [-0.15, -0.1) is 0 Å². The van der Waals surface area contributed by atoms with Crippen LogP contribution in [0.4, 0.5) is 0 Å². The minimum absolute atomic E-state index is 0.464. The summed E-state index contributed by atoms with van der Waals surface area (Å²) < 4.78 is 11.3. The number of hydrogen-bond donors (Lipinski definition) is 2. The summed E-state index contributed by atoms with van der Waals surface area (Å²) in [6.45, 7) is 5.30. The number of methoxy groups -OCH3 is 1. The molecule has 0 spiro atoms. The molecule has 1 aromatic carbocycles. The number of nitrogens with two attached hydrogens (primary N) is 1. The molecule has 0 fully saturated rings. The van der Waals surface area contributed by atoms with Gasteiger partial charge in [0.1, 0.15) is 0 Å². The first-order valence-corrected chi connectivity index (χ1v) is 9.01. The Kier molecular flexibility index (Phi) is 6.59. The second kappa shape index (κ2) is 9.53. The molecule has 2 heterocycles. The summed E-state index contributed by atoms with van der Waals surface area (Å²) in [6.07, 6.45) is 6.24. The van der Waals surface area contributed by atoms with E-state index in [4.69, 9.17) is 15.2 Å². The van der Waals surface area contributed by atoms with E-state index in [-0.39, 0.29) is 0 Å². The van der Waals surface area contributed by atoms with Crippen molar-refractivity contribution in [2.75, 3.05) is 13.7 Å². The molecule has 144 valence electrons. The lowest BCUT2D eigenvalue weighted by Gasteiger charge is -2.12. The molecule has 28 heavy (non-hydrogen) atoms. The molecule has 2 aromatic heterocycles. The van der Waals surface area contributed by atoms with E-state index in [0.29, 0.717) is 23.1 Å². The first-order valence-electron chi connectivity index (χ1n) is 9.01. The molecular weight excluding hydrogens is 352 g/mol. The molecule has 0 radical (unpaired) electrons. The highest BCUT2D eigenvalue weighted by Crippen LogP contribution is 2.31. The number of nitrogens with one attached hydrogen (secondary N) is 1. The van der Waals surface area contributed by atoms with Gasteiger partial charge in [-0.25, -0.2) is 4.98 Å². The zero-order valence-corrected chi connectivity index (χ0v) is 15.9. The minimum Gasteiger partial charge on any atom is -0.493 e. The van der Waals surface area contributed by atoms with Crippen molar-refractivity contribution in [1.29, 1.82) is 0 Å². The molecule has 0 saturated carbocycles. The van der Waals surface area contributed by atoms with Crippen molar-refractivity contribution < 1.29 is 9.47 Å². The summed E-state index contributed by atoms with van der Waals surface area (Å²) >= 11 is 0. The number of pyridine rings is 2. The van der Waals surface area contributed by atoms with E-state index < -0.39 is 0 Å². The van der Waals surface area contributed by atoms with E-state index in [0.717, 1.165) is 30.6 Å². The predicted molar refractivity (Wildman–Crippen MR) is 110 cm³/mol.